The quantitative estimate of drug-likeness (QED) is 0.719. The van der Waals surface area contributed by atoms with E-state index in [4.69, 9.17) is 4.74 Å². The maximum atomic E-state index is 10.1. The Morgan fingerprint density at radius 3 is 2.60 bits per heavy atom. The molecular weight excluding hydrogens is 270 g/mol. The van der Waals surface area contributed by atoms with E-state index in [9.17, 15) is 5.11 Å². The van der Waals surface area contributed by atoms with Crippen LogP contribution in [0.4, 0.5) is 0 Å². The van der Waals surface area contributed by atoms with Crippen LogP contribution in [0.25, 0.3) is 0 Å². The van der Waals surface area contributed by atoms with Gasteiger partial charge in [0, 0.05) is 25.7 Å². The zero-order valence-electron chi connectivity index (χ0n) is 13.2. The van der Waals surface area contributed by atoms with Crippen LogP contribution in [0.5, 0.6) is 0 Å². The van der Waals surface area contributed by atoms with Crippen molar-refractivity contribution >= 4 is 11.3 Å². The predicted molar refractivity (Wildman–Crippen MR) is 86.1 cm³/mol. The number of thiophene rings is 1. The van der Waals surface area contributed by atoms with Crippen molar-refractivity contribution in [3.05, 3.63) is 22.4 Å². The minimum atomic E-state index is -0.415. The van der Waals surface area contributed by atoms with Gasteiger partial charge < -0.3 is 9.84 Å². The molecule has 4 heteroatoms. The topological polar surface area (TPSA) is 32.7 Å². The first kappa shape index (κ1) is 17.6. The lowest BCUT2D eigenvalue weighted by Crippen LogP contribution is -2.40. The number of ether oxygens (including phenoxy) is 1. The molecule has 1 aromatic rings. The van der Waals surface area contributed by atoms with Gasteiger partial charge in [0.25, 0.3) is 0 Å². The lowest BCUT2D eigenvalue weighted by Gasteiger charge is -2.30. The van der Waals surface area contributed by atoms with E-state index < -0.39 is 6.10 Å². The molecule has 0 fully saturated rings. The summed E-state index contributed by atoms with van der Waals surface area (Å²) in [6.07, 6.45) is 0.672. The molecule has 0 unspecified atom stereocenters. The second-order valence-corrected chi connectivity index (χ2v) is 6.68. The summed E-state index contributed by atoms with van der Waals surface area (Å²) in [5.41, 5.74) is 1.32. The molecule has 0 aliphatic rings. The number of nitrogens with zero attached hydrogens (tertiary/aromatic N) is 1. The van der Waals surface area contributed by atoms with Crippen molar-refractivity contribution in [3.63, 3.8) is 0 Å². The van der Waals surface area contributed by atoms with Crippen molar-refractivity contribution < 1.29 is 9.84 Å². The number of hydrogen-bond donors (Lipinski definition) is 1. The van der Waals surface area contributed by atoms with Gasteiger partial charge in [0.05, 0.1) is 12.7 Å². The van der Waals surface area contributed by atoms with Gasteiger partial charge in [0.15, 0.2) is 0 Å². The van der Waals surface area contributed by atoms with Gasteiger partial charge in [-0.3, -0.25) is 4.90 Å². The van der Waals surface area contributed by atoms with Crippen LogP contribution in [-0.4, -0.2) is 41.9 Å². The van der Waals surface area contributed by atoms with E-state index in [1.807, 2.05) is 0 Å². The highest BCUT2D eigenvalue weighted by Gasteiger charge is 2.17. The van der Waals surface area contributed by atoms with E-state index in [2.05, 4.69) is 49.4 Å². The zero-order chi connectivity index (χ0) is 15.0. The summed E-state index contributed by atoms with van der Waals surface area (Å²) < 4.78 is 5.53. The number of hydrogen-bond acceptors (Lipinski definition) is 4. The molecule has 1 heterocycles. The SMILES string of the molecule is CC[C@H](C)N(Cc1ccsc1)C[C@H](O)COCC(C)C. The molecule has 0 aliphatic carbocycles. The summed E-state index contributed by atoms with van der Waals surface area (Å²) >= 11 is 1.72. The Morgan fingerprint density at radius 2 is 2.05 bits per heavy atom. The Morgan fingerprint density at radius 1 is 1.30 bits per heavy atom. The monoisotopic (exact) mass is 299 g/mol. The van der Waals surface area contributed by atoms with Crippen molar-refractivity contribution in [1.29, 1.82) is 0 Å². The zero-order valence-corrected chi connectivity index (χ0v) is 14.0. The van der Waals surface area contributed by atoms with Crippen molar-refractivity contribution in [1.82, 2.24) is 4.90 Å². The molecule has 0 saturated heterocycles. The Balaban J connectivity index is 2.43. The van der Waals surface area contributed by atoms with E-state index in [-0.39, 0.29) is 0 Å². The van der Waals surface area contributed by atoms with Crippen LogP contribution >= 0.6 is 11.3 Å². The second-order valence-electron chi connectivity index (χ2n) is 5.90. The van der Waals surface area contributed by atoms with Gasteiger partial charge in [-0.15, -0.1) is 0 Å². The molecule has 2 atom stereocenters. The highest BCUT2D eigenvalue weighted by Crippen LogP contribution is 2.14. The number of aliphatic hydroxyl groups excluding tert-OH is 1. The van der Waals surface area contributed by atoms with Crippen molar-refractivity contribution in [2.45, 2.75) is 52.8 Å². The van der Waals surface area contributed by atoms with Gasteiger partial charge in [-0.2, -0.15) is 11.3 Å². The lowest BCUT2D eigenvalue weighted by atomic mass is 10.1. The van der Waals surface area contributed by atoms with Crippen LogP contribution < -0.4 is 0 Å². The van der Waals surface area contributed by atoms with E-state index in [1.165, 1.54) is 5.56 Å². The number of aliphatic hydroxyl groups is 1. The van der Waals surface area contributed by atoms with Crippen LogP contribution in [0.15, 0.2) is 16.8 Å². The summed E-state index contributed by atoms with van der Waals surface area (Å²) in [4.78, 5) is 2.34. The van der Waals surface area contributed by atoms with Gasteiger partial charge in [-0.25, -0.2) is 0 Å². The molecule has 0 radical (unpaired) electrons. The molecule has 0 aliphatic heterocycles. The first-order valence-corrected chi connectivity index (χ1v) is 8.48. The Kier molecular flexibility index (Phi) is 8.38. The van der Waals surface area contributed by atoms with Gasteiger partial charge in [-0.1, -0.05) is 20.8 Å². The standard InChI is InChI=1S/C16H29NO2S/c1-5-14(4)17(8-15-6-7-20-12-15)9-16(18)11-19-10-13(2)3/h6-7,12-14,16,18H,5,8-11H2,1-4H3/t14-,16-/m0/s1. The van der Waals surface area contributed by atoms with Crippen LogP contribution in [0, 0.1) is 5.92 Å². The highest BCUT2D eigenvalue weighted by atomic mass is 32.1. The fourth-order valence-electron chi connectivity index (χ4n) is 2.04. The summed E-state index contributed by atoms with van der Waals surface area (Å²) in [5.74, 6) is 0.513. The van der Waals surface area contributed by atoms with Gasteiger partial charge in [-0.05, 0) is 41.7 Å². The third-order valence-corrected chi connectivity index (χ3v) is 4.12. The van der Waals surface area contributed by atoms with Crippen LogP contribution in [0.2, 0.25) is 0 Å². The first-order valence-electron chi connectivity index (χ1n) is 7.53. The van der Waals surface area contributed by atoms with Crippen molar-refractivity contribution in [3.8, 4) is 0 Å². The molecule has 116 valence electrons. The largest absolute Gasteiger partial charge is 0.389 e. The molecule has 1 rings (SSSR count). The Hall–Kier alpha value is -0.420. The third-order valence-electron chi connectivity index (χ3n) is 3.39. The lowest BCUT2D eigenvalue weighted by molar-refractivity contribution is 0.000145. The molecule has 0 bridgehead atoms. The molecular formula is C16H29NO2S. The van der Waals surface area contributed by atoms with E-state index in [1.54, 1.807) is 11.3 Å². The van der Waals surface area contributed by atoms with Gasteiger partial charge >= 0.3 is 0 Å². The summed E-state index contributed by atoms with van der Waals surface area (Å²) in [7, 11) is 0. The molecule has 0 aromatic carbocycles. The summed E-state index contributed by atoms with van der Waals surface area (Å²) in [6.45, 7) is 11.4. The first-order chi connectivity index (χ1) is 9.52. The molecule has 1 N–H and O–H groups in total. The summed E-state index contributed by atoms with van der Waals surface area (Å²) in [5, 5.41) is 14.4. The van der Waals surface area contributed by atoms with E-state index >= 15 is 0 Å². The molecule has 3 nitrogen and oxygen atoms in total. The average Bonchev–Trinajstić information content (AvgIpc) is 2.89. The molecule has 1 aromatic heterocycles. The van der Waals surface area contributed by atoms with Crippen LogP contribution in [0.1, 0.15) is 39.7 Å². The second kappa shape index (κ2) is 9.50. The maximum absolute atomic E-state index is 10.1. The molecule has 0 spiro atoms. The molecule has 0 saturated carbocycles. The van der Waals surface area contributed by atoms with Crippen molar-refractivity contribution in [2.24, 2.45) is 5.92 Å². The smallest absolute Gasteiger partial charge is 0.0900 e. The maximum Gasteiger partial charge on any atom is 0.0900 e. The number of rotatable bonds is 10. The van der Waals surface area contributed by atoms with Crippen LogP contribution in [0.3, 0.4) is 0 Å². The van der Waals surface area contributed by atoms with Gasteiger partial charge in [0.2, 0.25) is 0 Å². The van der Waals surface area contributed by atoms with Crippen LogP contribution in [-0.2, 0) is 11.3 Å². The predicted octanol–water partition coefficient (Wildman–Crippen LogP) is 3.38. The normalized spacial score (nSPS) is 14.9. The Bertz CT molecular complexity index is 340. The highest BCUT2D eigenvalue weighted by molar-refractivity contribution is 7.07. The molecule has 20 heavy (non-hydrogen) atoms. The van der Waals surface area contributed by atoms with Crippen molar-refractivity contribution in [2.75, 3.05) is 19.8 Å². The van der Waals surface area contributed by atoms with Gasteiger partial charge in [0.1, 0.15) is 0 Å². The fraction of sp³-hybridized carbons (Fsp3) is 0.750. The summed E-state index contributed by atoms with van der Waals surface area (Å²) in [6, 6.07) is 2.62. The average molecular weight is 299 g/mol. The Labute approximate surface area is 127 Å². The fourth-order valence-corrected chi connectivity index (χ4v) is 2.70. The van der Waals surface area contributed by atoms with E-state index in [0.29, 0.717) is 31.7 Å². The molecule has 0 amide bonds. The van der Waals surface area contributed by atoms with E-state index in [0.717, 1.165) is 13.0 Å². The minimum Gasteiger partial charge on any atom is -0.389 e. The minimum absolute atomic E-state index is 0.415. The third kappa shape index (κ3) is 6.84.